The summed E-state index contributed by atoms with van der Waals surface area (Å²) < 4.78 is 10.3. The topological polar surface area (TPSA) is 150 Å². The van der Waals surface area contributed by atoms with Gasteiger partial charge in [-0.05, 0) is 52.2 Å². The minimum atomic E-state index is -0.847. The van der Waals surface area contributed by atoms with Gasteiger partial charge in [-0.1, -0.05) is 54.6 Å². The molecule has 11 nitrogen and oxygen atoms in total. The molecule has 4 amide bonds. The van der Waals surface area contributed by atoms with Crippen LogP contribution in [-0.4, -0.2) is 65.6 Å². The third kappa shape index (κ3) is 9.06. The van der Waals surface area contributed by atoms with E-state index in [1.807, 2.05) is 30.3 Å². The number of benzene rings is 2. The zero-order valence-electron chi connectivity index (χ0n) is 24.2. The molecule has 4 N–H and O–H groups in total. The predicted molar refractivity (Wildman–Crippen MR) is 153 cm³/mol. The summed E-state index contributed by atoms with van der Waals surface area (Å²) in [6.45, 7) is 9.31. The fourth-order valence-electron chi connectivity index (χ4n) is 4.42. The minimum absolute atomic E-state index is 0.0412. The van der Waals surface area contributed by atoms with Gasteiger partial charge in [-0.3, -0.25) is 25.2 Å². The largest absolute Gasteiger partial charge is 0.450 e. The molecule has 2 aromatic carbocycles. The van der Waals surface area contributed by atoms with E-state index in [0.717, 1.165) is 11.1 Å². The van der Waals surface area contributed by atoms with Crippen molar-refractivity contribution in [3.8, 4) is 0 Å². The molecule has 11 heteroatoms. The number of amidine groups is 1. The first kappa shape index (κ1) is 31.1. The molecule has 3 atom stereocenters. The molecule has 220 valence electrons. The molecule has 3 rings (SSSR count). The van der Waals surface area contributed by atoms with E-state index in [0.29, 0.717) is 18.5 Å². The second-order valence-corrected chi connectivity index (χ2v) is 10.9. The molecule has 41 heavy (non-hydrogen) atoms. The van der Waals surface area contributed by atoms with Crippen LogP contribution in [0.1, 0.15) is 63.6 Å². The average molecular weight is 566 g/mol. The van der Waals surface area contributed by atoms with Crippen LogP contribution in [0.5, 0.6) is 0 Å². The molecule has 0 bridgehead atoms. The molecule has 2 aromatic rings. The Morgan fingerprint density at radius 2 is 1.71 bits per heavy atom. The number of likely N-dealkylation sites (tertiary alicyclic amines) is 1. The predicted octanol–water partition coefficient (Wildman–Crippen LogP) is 3.67. The number of carbonyl (C=O) groups is 4. The SMILES string of the molecule is CCOC(=O)NC(=N)c1ccc(CNC(=O)[C@H](C)NC(=O)[C@H]2C[C@H](c3ccccc3)CN2C(=O)OC(C)(C)C)cc1. The maximum absolute atomic E-state index is 13.3. The van der Waals surface area contributed by atoms with Gasteiger partial charge in [0, 0.05) is 24.6 Å². The van der Waals surface area contributed by atoms with Crippen molar-refractivity contribution < 1.29 is 28.7 Å². The summed E-state index contributed by atoms with van der Waals surface area (Å²) in [4.78, 5) is 52.0. The van der Waals surface area contributed by atoms with Gasteiger partial charge < -0.3 is 20.1 Å². The number of carbonyl (C=O) groups excluding carboxylic acids is 4. The maximum atomic E-state index is 13.3. The van der Waals surface area contributed by atoms with E-state index in [2.05, 4.69) is 16.0 Å². The van der Waals surface area contributed by atoms with Crippen LogP contribution in [0.4, 0.5) is 9.59 Å². The Hall–Kier alpha value is -4.41. The van der Waals surface area contributed by atoms with Crippen LogP contribution in [0.3, 0.4) is 0 Å². The number of ether oxygens (including phenoxy) is 2. The van der Waals surface area contributed by atoms with Crippen LogP contribution < -0.4 is 16.0 Å². The standard InChI is InChI=1S/C30H39N5O6/c1-6-40-28(38)34-25(31)22-14-12-20(13-15-22)17-32-26(36)19(2)33-27(37)24-16-23(21-10-8-7-9-11-21)18-35(24)29(39)41-30(3,4)5/h7-15,19,23-24H,6,16-18H2,1-5H3,(H,32,36)(H,33,37)(H2,31,34,38)/t19-,23-,24+/m0/s1. The Morgan fingerprint density at radius 1 is 1.05 bits per heavy atom. The molecular formula is C30H39N5O6. The summed E-state index contributed by atoms with van der Waals surface area (Å²) in [5.41, 5.74) is 1.56. The lowest BCUT2D eigenvalue weighted by Gasteiger charge is -2.28. The van der Waals surface area contributed by atoms with Crippen LogP contribution in [0, 0.1) is 5.41 Å². The van der Waals surface area contributed by atoms with Gasteiger partial charge in [0.05, 0.1) is 6.61 Å². The van der Waals surface area contributed by atoms with Gasteiger partial charge in [-0.2, -0.15) is 0 Å². The molecule has 0 saturated carbocycles. The minimum Gasteiger partial charge on any atom is -0.450 e. The summed E-state index contributed by atoms with van der Waals surface area (Å²) in [7, 11) is 0. The smallest absolute Gasteiger partial charge is 0.412 e. The van der Waals surface area contributed by atoms with E-state index in [9.17, 15) is 19.2 Å². The van der Waals surface area contributed by atoms with Crippen molar-refractivity contribution in [3.05, 3.63) is 71.3 Å². The molecule has 0 spiro atoms. The molecular weight excluding hydrogens is 526 g/mol. The van der Waals surface area contributed by atoms with Crippen molar-refractivity contribution >= 4 is 29.8 Å². The molecule has 1 saturated heterocycles. The highest BCUT2D eigenvalue weighted by atomic mass is 16.6. The van der Waals surface area contributed by atoms with Crippen molar-refractivity contribution in [2.45, 2.75) is 71.2 Å². The second kappa shape index (κ2) is 13.8. The van der Waals surface area contributed by atoms with Gasteiger partial charge in [0.25, 0.3) is 0 Å². The molecule has 0 aromatic heterocycles. The van der Waals surface area contributed by atoms with E-state index in [4.69, 9.17) is 14.9 Å². The van der Waals surface area contributed by atoms with Gasteiger partial charge in [0.2, 0.25) is 11.8 Å². The van der Waals surface area contributed by atoms with Crippen molar-refractivity contribution in [2.75, 3.05) is 13.2 Å². The first-order valence-electron chi connectivity index (χ1n) is 13.6. The Morgan fingerprint density at radius 3 is 2.32 bits per heavy atom. The van der Waals surface area contributed by atoms with Crippen LogP contribution in [0.25, 0.3) is 0 Å². The summed E-state index contributed by atoms with van der Waals surface area (Å²) in [6, 6.07) is 14.8. The lowest BCUT2D eigenvalue weighted by molar-refractivity contribution is -0.131. The number of nitrogens with one attached hydrogen (secondary N) is 4. The van der Waals surface area contributed by atoms with Gasteiger partial charge >= 0.3 is 12.2 Å². The molecule has 1 aliphatic heterocycles. The van der Waals surface area contributed by atoms with E-state index >= 15 is 0 Å². The number of rotatable bonds is 8. The normalized spacial score (nSPS) is 17.2. The van der Waals surface area contributed by atoms with Gasteiger partial charge in [0.1, 0.15) is 23.5 Å². The van der Waals surface area contributed by atoms with Crippen LogP contribution >= 0.6 is 0 Å². The molecule has 0 radical (unpaired) electrons. The molecule has 1 fully saturated rings. The fraction of sp³-hybridized carbons (Fsp3) is 0.433. The Labute approximate surface area is 240 Å². The van der Waals surface area contributed by atoms with E-state index in [-0.39, 0.29) is 30.8 Å². The highest BCUT2D eigenvalue weighted by Crippen LogP contribution is 2.33. The van der Waals surface area contributed by atoms with Crippen molar-refractivity contribution in [1.82, 2.24) is 20.9 Å². The lowest BCUT2D eigenvalue weighted by atomic mass is 9.96. The third-order valence-corrected chi connectivity index (χ3v) is 6.47. The summed E-state index contributed by atoms with van der Waals surface area (Å²) in [5, 5.41) is 15.8. The van der Waals surface area contributed by atoms with E-state index in [1.165, 1.54) is 4.90 Å². The lowest BCUT2D eigenvalue weighted by Crippen LogP contribution is -2.52. The van der Waals surface area contributed by atoms with E-state index in [1.54, 1.807) is 58.9 Å². The fourth-order valence-corrected chi connectivity index (χ4v) is 4.42. The highest BCUT2D eigenvalue weighted by molar-refractivity contribution is 6.04. The number of hydrogen-bond donors (Lipinski definition) is 4. The van der Waals surface area contributed by atoms with Crippen LogP contribution in [0.15, 0.2) is 54.6 Å². The monoisotopic (exact) mass is 565 g/mol. The molecule has 1 heterocycles. The van der Waals surface area contributed by atoms with Gasteiger partial charge in [0.15, 0.2) is 0 Å². The van der Waals surface area contributed by atoms with E-state index < -0.39 is 35.8 Å². The Balaban J connectivity index is 1.58. The van der Waals surface area contributed by atoms with Crippen LogP contribution in [0.2, 0.25) is 0 Å². The zero-order valence-corrected chi connectivity index (χ0v) is 24.2. The maximum Gasteiger partial charge on any atom is 0.412 e. The Bertz CT molecular complexity index is 1240. The number of hydrogen-bond acceptors (Lipinski definition) is 7. The first-order chi connectivity index (χ1) is 19.4. The summed E-state index contributed by atoms with van der Waals surface area (Å²) >= 11 is 0. The number of alkyl carbamates (subject to hydrolysis) is 1. The third-order valence-electron chi connectivity index (χ3n) is 6.47. The first-order valence-corrected chi connectivity index (χ1v) is 13.6. The number of amides is 4. The quantitative estimate of drug-likeness (QED) is 0.283. The van der Waals surface area contributed by atoms with Crippen molar-refractivity contribution in [2.24, 2.45) is 0 Å². The van der Waals surface area contributed by atoms with Crippen molar-refractivity contribution in [3.63, 3.8) is 0 Å². The average Bonchev–Trinajstić information content (AvgIpc) is 3.38. The Kier molecular flexibility index (Phi) is 10.5. The van der Waals surface area contributed by atoms with Gasteiger partial charge in [-0.15, -0.1) is 0 Å². The molecule has 1 aliphatic rings. The summed E-state index contributed by atoms with van der Waals surface area (Å²) in [5.74, 6) is -0.952. The molecule has 0 aliphatic carbocycles. The summed E-state index contributed by atoms with van der Waals surface area (Å²) in [6.07, 6.45) is -0.857. The van der Waals surface area contributed by atoms with Crippen molar-refractivity contribution in [1.29, 1.82) is 5.41 Å². The van der Waals surface area contributed by atoms with Crippen LogP contribution in [-0.2, 0) is 25.6 Å². The zero-order chi connectivity index (χ0) is 30.2. The molecule has 0 unspecified atom stereocenters. The second-order valence-electron chi connectivity index (χ2n) is 10.9. The van der Waals surface area contributed by atoms with Gasteiger partial charge in [-0.25, -0.2) is 9.59 Å². The highest BCUT2D eigenvalue weighted by Gasteiger charge is 2.42. The number of nitrogens with zero attached hydrogens (tertiary/aromatic N) is 1.